The minimum absolute atomic E-state index is 0.00909. The zero-order chi connectivity index (χ0) is 14.7. The zero-order valence-corrected chi connectivity index (χ0v) is 13.1. The molecule has 1 aliphatic rings. The molecule has 0 spiro atoms. The van der Waals surface area contributed by atoms with Gasteiger partial charge >= 0.3 is 0 Å². The molecule has 1 aliphatic heterocycles. The molecule has 0 saturated heterocycles. The smallest absolute Gasteiger partial charge is 0.251 e. The number of carbonyl (C=O) groups excluding carboxylic acids is 1. The first-order chi connectivity index (χ1) is 10.3. The number of hydrogen-bond acceptors (Lipinski definition) is 3. The summed E-state index contributed by atoms with van der Waals surface area (Å²) in [6.07, 6.45) is 3.23. The van der Waals surface area contributed by atoms with Gasteiger partial charge in [0.15, 0.2) is 0 Å². The number of rotatable bonds is 4. The van der Waals surface area contributed by atoms with Gasteiger partial charge in [0.1, 0.15) is 0 Å². The minimum Gasteiger partial charge on any atom is -0.385 e. The molecule has 2 N–H and O–H groups in total. The molecule has 0 saturated carbocycles. The molecular weight excluding hydrogens is 280 g/mol. The van der Waals surface area contributed by atoms with Crippen LogP contribution in [0.1, 0.15) is 39.0 Å². The van der Waals surface area contributed by atoms with Gasteiger partial charge in [0.05, 0.1) is 6.54 Å². The lowest BCUT2D eigenvalue weighted by molar-refractivity contribution is 0.0951. The van der Waals surface area contributed by atoms with Crippen LogP contribution in [0, 0.1) is 0 Å². The van der Waals surface area contributed by atoms with Gasteiger partial charge in [-0.3, -0.25) is 4.79 Å². The highest BCUT2D eigenvalue weighted by atomic mass is 32.1. The summed E-state index contributed by atoms with van der Waals surface area (Å²) in [5.41, 5.74) is 3.17. The highest BCUT2D eigenvalue weighted by Gasteiger charge is 2.12. The van der Waals surface area contributed by atoms with Crippen LogP contribution in [0.2, 0.25) is 0 Å². The topological polar surface area (TPSA) is 41.1 Å². The Morgan fingerprint density at radius 1 is 1.29 bits per heavy atom. The minimum atomic E-state index is 0.00909. The normalized spacial score (nSPS) is 13.4. The van der Waals surface area contributed by atoms with E-state index >= 15 is 0 Å². The number of aryl methyl sites for hydroxylation is 2. The van der Waals surface area contributed by atoms with Crippen LogP contribution in [0.3, 0.4) is 0 Å². The van der Waals surface area contributed by atoms with Crippen molar-refractivity contribution in [2.75, 3.05) is 11.9 Å². The summed E-state index contributed by atoms with van der Waals surface area (Å²) >= 11 is 1.77. The number of fused-ring (bicyclic) bond motifs is 1. The monoisotopic (exact) mass is 300 g/mol. The van der Waals surface area contributed by atoms with Crippen molar-refractivity contribution in [3.05, 3.63) is 51.2 Å². The quantitative estimate of drug-likeness (QED) is 0.906. The molecule has 0 aliphatic carbocycles. The largest absolute Gasteiger partial charge is 0.385 e. The molecule has 3 nitrogen and oxygen atoms in total. The Morgan fingerprint density at radius 2 is 2.14 bits per heavy atom. The summed E-state index contributed by atoms with van der Waals surface area (Å²) < 4.78 is 0. The SMILES string of the molecule is CCc1ccc(CNC(=O)c2ccc3c(c2)CCCN3)s1. The molecule has 4 heteroatoms. The maximum absolute atomic E-state index is 12.3. The average molecular weight is 300 g/mol. The second-order valence-electron chi connectivity index (χ2n) is 5.31. The molecule has 1 aromatic heterocycles. The standard InChI is InChI=1S/C17H20N2OS/c1-2-14-6-7-15(21-14)11-19-17(20)13-5-8-16-12(10-13)4-3-9-18-16/h5-8,10,18H,2-4,9,11H2,1H3,(H,19,20). The third-order valence-electron chi connectivity index (χ3n) is 3.79. The summed E-state index contributed by atoms with van der Waals surface area (Å²) in [6.45, 7) is 3.78. The Hall–Kier alpha value is -1.81. The maximum atomic E-state index is 12.3. The lowest BCUT2D eigenvalue weighted by Gasteiger charge is -2.18. The van der Waals surface area contributed by atoms with E-state index in [4.69, 9.17) is 0 Å². The van der Waals surface area contributed by atoms with E-state index in [2.05, 4.69) is 29.7 Å². The van der Waals surface area contributed by atoms with Crippen LogP contribution in [-0.4, -0.2) is 12.5 Å². The average Bonchev–Trinajstić information content (AvgIpc) is 3.00. The van der Waals surface area contributed by atoms with Gasteiger partial charge in [-0.15, -0.1) is 11.3 Å². The Balaban J connectivity index is 1.65. The van der Waals surface area contributed by atoms with Crippen molar-refractivity contribution in [2.45, 2.75) is 32.7 Å². The van der Waals surface area contributed by atoms with E-state index in [9.17, 15) is 4.79 Å². The van der Waals surface area contributed by atoms with Gasteiger partial charge in [-0.05, 0) is 55.2 Å². The van der Waals surface area contributed by atoms with E-state index in [1.54, 1.807) is 11.3 Å². The zero-order valence-electron chi connectivity index (χ0n) is 12.2. The van der Waals surface area contributed by atoms with E-state index < -0.39 is 0 Å². The van der Waals surface area contributed by atoms with Crippen LogP contribution in [0.5, 0.6) is 0 Å². The summed E-state index contributed by atoms with van der Waals surface area (Å²) in [5.74, 6) is 0.00909. The van der Waals surface area contributed by atoms with Gasteiger partial charge in [0.25, 0.3) is 5.91 Å². The Bertz CT molecular complexity index is 648. The lowest BCUT2D eigenvalue weighted by Crippen LogP contribution is -2.23. The van der Waals surface area contributed by atoms with Gasteiger partial charge in [0, 0.05) is 27.5 Å². The predicted octanol–water partition coefficient (Wildman–Crippen LogP) is 3.60. The number of benzene rings is 1. The number of carbonyl (C=O) groups is 1. The van der Waals surface area contributed by atoms with Gasteiger partial charge in [0.2, 0.25) is 0 Å². The molecule has 0 radical (unpaired) electrons. The number of amides is 1. The van der Waals surface area contributed by atoms with Crippen LogP contribution >= 0.6 is 11.3 Å². The first-order valence-electron chi connectivity index (χ1n) is 7.49. The third kappa shape index (κ3) is 3.27. The number of nitrogens with one attached hydrogen (secondary N) is 2. The fraction of sp³-hybridized carbons (Fsp3) is 0.353. The van der Waals surface area contributed by atoms with Crippen LogP contribution in [0.4, 0.5) is 5.69 Å². The van der Waals surface area contributed by atoms with Crippen molar-refractivity contribution in [3.63, 3.8) is 0 Å². The van der Waals surface area contributed by atoms with Crippen molar-refractivity contribution in [1.82, 2.24) is 5.32 Å². The van der Waals surface area contributed by atoms with Gasteiger partial charge < -0.3 is 10.6 Å². The van der Waals surface area contributed by atoms with E-state index in [0.717, 1.165) is 31.4 Å². The molecule has 0 unspecified atom stereocenters. The number of anilines is 1. The van der Waals surface area contributed by atoms with E-state index in [1.165, 1.54) is 21.0 Å². The van der Waals surface area contributed by atoms with Crippen molar-refractivity contribution in [3.8, 4) is 0 Å². The second kappa shape index (κ2) is 6.31. The highest BCUT2D eigenvalue weighted by molar-refractivity contribution is 7.11. The van der Waals surface area contributed by atoms with Gasteiger partial charge in [-0.2, -0.15) is 0 Å². The molecule has 2 heterocycles. The van der Waals surface area contributed by atoms with Gasteiger partial charge in [-0.1, -0.05) is 6.92 Å². The maximum Gasteiger partial charge on any atom is 0.251 e. The van der Waals surface area contributed by atoms with Crippen molar-refractivity contribution >= 4 is 22.9 Å². The molecule has 1 amide bonds. The van der Waals surface area contributed by atoms with Crippen LogP contribution < -0.4 is 10.6 Å². The molecule has 3 rings (SSSR count). The first kappa shape index (κ1) is 14.1. The summed E-state index contributed by atoms with van der Waals surface area (Å²) in [6, 6.07) is 10.2. The fourth-order valence-electron chi connectivity index (χ4n) is 2.59. The molecule has 0 fully saturated rings. The van der Waals surface area contributed by atoms with Crippen molar-refractivity contribution < 1.29 is 4.79 Å². The Kier molecular flexibility index (Phi) is 4.25. The van der Waals surface area contributed by atoms with Crippen molar-refractivity contribution in [2.24, 2.45) is 0 Å². The molecule has 110 valence electrons. The first-order valence-corrected chi connectivity index (χ1v) is 8.30. The van der Waals surface area contributed by atoms with Crippen LogP contribution in [0.15, 0.2) is 30.3 Å². The fourth-order valence-corrected chi connectivity index (χ4v) is 3.49. The van der Waals surface area contributed by atoms with E-state index in [1.807, 2.05) is 18.2 Å². The lowest BCUT2D eigenvalue weighted by atomic mass is 10.0. The third-order valence-corrected chi connectivity index (χ3v) is 5.02. The van der Waals surface area contributed by atoms with Crippen molar-refractivity contribution in [1.29, 1.82) is 0 Å². The summed E-state index contributed by atoms with van der Waals surface area (Å²) in [7, 11) is 0. The van der Waals surface area contributed by atoms with Crippen LogP contribution in [0.25, 0.3) is 0 Å². The molecule has 0 atom stereocenters. The van der Waals surface area contributed by atoms with Crippen LogP contribution in [-0.2, 0) is 19.4 Å². The summed E-state index contributed by atoms with van der Waals surface area (Å²) in [5, 5.41) is 6.38. The highest BCUT2D eigenvalue weighted by Crippen LogP contribution is 2.23. The Morgan fingerprint density at radius 3 is 2.95 bits per heavy atom. The molecule has 0 bridgehead atoms. The molecule has 1 aromatic carbocycles. The predicted molar refractivity (Wildman–Crippen MR) is 88.1 cm³/mol. The van der Waals surface area contributed by atoms with E-state index in [-0.39, 0.29) is 5.91 Å². The van der Waals surface area contributed by atoms with Gasteiger partial charge in [-0.25, -0.2) is 0 Å². The molecule has 21 heavy (non-hydrogen) atoms. The second-order valence-corrected chi connectivity index (χ2v) is 6.56. The Labute approximate surface area is 129 Å². The number of thiophene rings is 1. The van der Waals surface area contributed by atoms with E-state index in [0.29, 0.717) is 6.54 Å². The molecular formula is C17H20N2OS. The molecule has 2 aromatic rings. The summed E-state index contributed by atoms with van der Waals surface area (Å²) in [4.78, 5) is 14.8. The number of hydrogen-bond donors (Lipinski definition) is 2.